The van der Waals surface area contributed by atoms with Gasteiger partial charge in [-0.2, -0.15) is 0 Å². The Balaban J connectivity index is 1.00. The van der Waals surface area contributed by atoms with Crippen LogP contribution in [0.3, 0.4) is 0 Å². The van der Waals surface area contributed by atoms with E-state index in [9.17, 15) is 0 Å². The van der Waals surface area contributed by atoms with E-state index in [-0.39, 0.29) is 0 Å². The highest BCUT2D eigenvalue weighted by atomic mass is 15.1. The van der Waals surface area contributed by atoms with E-state index < -0.39 is 0 Å². The number of anilines is 3. The van der Waals surface area contributed by atoms with Crippen LogP contribution in [0.25, 0.3) is 105 Å². The summed E-state index contributed by atoms with van der Waals surface area (Å²) in [7, 11) is 0. The standard InChI is InChI=1S/C70H48N2/c1-4-20-51(21-5-1)61-31-12-13-32-64(61)69-62(53-22-6-2-7-23-53)35-18-38-67(69)71(57-46-44-50(45-47-57)49-40-42-54(43-41-49)60-34-17-25-52-24-10-11-30-59(52)60)58-29-16-26-55(48-58)63-36-19-39-68-70(63)65-33-14-15-37-66(65)72(68)56-27-8-3-9-28-56/h1-48H. The van der Waals surface area contributed by atoms with Crippen LogP contribution in [-0.4, -0.2) is 4.57 Å². The molecular weight excluding hydrogens is 869 g/mol. The van der Waals surface area contributed by atoms with Crippen molar-refractivity contribution in [1.82, 2.24) is 4.57 Å². The van der Waals surface area contributed by atoms with Gasteiger partial charge in [-0.05, 0) is 127 Å². The van der Waals surface area contributed by atoms with E-state index in [1.54, 1.807) is 0 Å². The topological polar surface area (TPSA) is 8.17 Å². The third-order valence-corrected chi connectivity index (χ3v) is 14.2. The summed E-state index contributed by atoms with van der Waals surface area (Å²) in [5.41, 5.74) is 20.9. The molecule has 0 N–H and O–H groups in total. The van der Waals surface area contributed by atoms with Gasteiger partial charge in [0.2, 0.25) is 0 Å². The van der Waals surface area contributed by atoms with Crippen LogP contribution in [0.1, 0.15) is 0 Å². The zero-order valence-electron chi connectivity index (χ0n) is 39.6. The number of para-hydroxylation sites is 2. The largest absolute Gasteiger partial charge is 0.310 e. The van der Waals surface area contributed by atoms with Gasteiger partial charge in [0.25, 0.3) is 0 Å². The first-order valence-electron chi connectivity index (χ1n) is 24.8. The van der Waals surface area contributed by atoms with Crippen LogP contribution in [0.2, 0.25) is 0 Å². The maximum absolute atomic E-state index is 2.47. The average molecular weight is 917 g/mol. The van der Waals surface area contributed by atoms with Crippen LogP contribution in [0.4, 0.5) is 17.1 Å². The molecule has 0 fully saturated rings. The highest BCUT2D eigenvalue weighted by Crippen LogP contribution is 2.49. The third kappa shape index (κ3) is 7.63. The minimum absolute atomic E-state index is 1.06. The van der Waals surface area contributed by atoms with Crippen molar-refractivity contribution >= 4 is 49.6 Å². The molecule has 1 heterocycles. The molecule has 0 aliphatic rings. The first kappa shape index (κ1) is 42.6. The summed E-state index contributed by atoms with van der Waals surface area (Å²) in [5, 5.41) is 4.97. The Morgan fingerprint density at radius 1 is 0.264 bits per heavy atom. The number of fused-ring (bicyclic) bond motifs is 4. The van der Waals surface area contributed by atoms with Gasteiger partial charge in [0.05, 0.1) is 16.7 Å². The van der Waals surface area contributed by atoms with Crippen LogP contribution in [0.5, 0.6) is 0 Å². The molecule has 0 saturated heterocycles. The molecule has 0 aliphatic carbocycles. The van der Waals surface area contributed by atoms with Crippen molar-refractivity contribution in [3.05, 3.63) is 291 Å². The second-order valence-corrected chi connectivity index (χ2v) is 18.4. The Morgan fingerprint density at radius 3 is 1.51 bits per heavy atom. The monoisotopic (exact) mass is 916 g/mol. The fraction of sp³-hybridized carbons (Fsp3) is 0. The predicted molar refractivity (Wildman–Crippen MR) is 306 cm³/mol. The maximum Gasteiger partial charge on any atom is 0.0547 e. The molecule has 0 spiro atoms. The summed E-state index contributed by atoms with van der Waals surface area (Å²) >= 11 is 0. The minimum atomic E-state index is 1.06. The van der Waals surface area contributed by atoms with Gasteiger partial charge < -0.3 is 9.47 Å². The van der Waals surface area contributed by atoms with E-state index >= 15 is 0 Å². The van der Waals surface area contributed by atoms with E-state index in [2.05, 4.69) is 301 Å². The van der Waals surface area contributed by atoms with Crippen molar-refractivity contribution in [2.24, 2.45) is 0 Å². The van der Waals surface area contributed by atoms with Gasteiger partial charge in [-0.25, -0.2) is 0 Å². The molecule has 12 aromatic carbocycles. The van der Waals surface area contributed by atoms with Crippen molar-refractivity contribution < 1.29 is 0 Å². The third-order valence-electron chi connectivity index (χ3n) is 14.2. The second-order valence-electron chi connectivity index (χ2n) is 18.4. The van der Waals surface area contributed by atoms with Crippen molar-refractivity contribution in [3.8, 4) is 72.4 Å². The fourth-order valence-corrected chi connectivity index (χ4v) is 10.9. The number of aromatic nitrogens is 1. The summed E-state index contributed by atoms with van der Waals surface area (Å²) in [6.45, 7) is 0. The molecule has 0 atom stereocenters. The van der Waals surface area contributed by atoms with E-state index in [4.69, 9.17) is 0 Å². The van der Waals surface area contributed by atoms with Gasteiger partial charge in [-0.1, -0.05) is 237 Å². The molecule has 0 radical (unpaired) electrons. The quantitative estimate of drug-likeness (QED) is 0.133. The van der Waals surface area contributed by atoms with Crippen LogP contribution in [0, 0.1) is 0 Å². The van der Waals surface area contributed by atoms with Crippen LogP contribution >= 0.6 is 0 Å². The molecule has 0 saturated carbocycles. The van der Waals surface area contributed by atoms with E-state index in [1.807, 2.05) is 0 Å². The fourth-order valence-electron chi connectivity index (χ4n) is 10.9. The SMILES string of the molecule is c1ccc(-c2ccccc2-c2c(-c3ccccc3)cccc2N(c2ccc(-c3ccc(-c4cccc5ccccc45)cc3)cc2)c2cccc(-c3cccc4c3c3ccccc3n4-c3ccccc3)c2)cc1. The zero-order valence-corrected chi connectivity index (χ0v) is 39.6. The zero-order chi connectivity index (χ0) is 47.8. The minimum Gasteiger partial charge on any atom is -0.310 e. The lowest BCUT2D eigenvalue weighted by Crippen LogP contribution is -2.12. The number of benzene rings is 12. The van der Waals surface area contributed by atoms with Gasteiger partial charge in [0.15, 0.2) is 0 Å². The highest BCUT2D eigenvalue weighted by Gasteiger charge is 2.24. The first-order valence-corrected chi connectivity index (χ1v) is 24.8. The summed E-state index contributed by atoms with van der Waals surface area (Å²) in [6.07, 6.45) is 0. The second kappa shape index (κ2) is 18.4. The van der Waals surface area contributed by atoms with Crippen molar-refractivity contribution in [2.45, 2.75) is 0 Å². The molecular formula is C70H48N2. The van der Waals surface area contributed by atoms with E-state index in [1.165, 1.54) is 77.1 Å². The molecule has 2 nitrogen and oxygen atoms in total. The first-order chi connectivity index (χ1) is 35.7. The smallest absolute Gasteiger partial charge is 0.0547 e. The van der Waals surface area contributed by atoms with Gasteiger partial charge in [-0.15, -0.1) is 0 Å². The molecule has 338 valence electrons. The van der Waals surface area contributed by atoms with Gasteiger partial charge >= 0.3 is 0 Å². The Hall–Kier alpha value is -9.50. The molecule has 13 rings (SSSR count). The molecule has 0 amide bonds. The van der Waals surface area contributed by atoms with Crippen LogP contribution < -0.4 is 4.90 Å². The Bertz CT molecular complexity index is 4050. The molecule has 0 bridgehead atoms. The molecule has 13 aromatic rings. The van der Waals surface area contributed by atoms with Crippen molar-refractivity contribution in [3.63, 3.8) is 0 Å². The summed E-state index contributed by atoms with van der Waals surface area (Å²) < 4.78 is 2.40. The number of hydrogen-bond donors (Lipinski definition) is 0. The Kier molecular flexibility index (Phi) is 10.9. The lowest BCUT2D eigenvalue weighted by Gasteiger charge is -2.30. The number of nitrogens with zero attached hydrogens (tertiary/aromatic N) is 2. The highest BCUT2D eigenvalue weighted by molar-refractivity contribution is 6.16. The molecule has 0 aliphatic heterocycles. The Morgan fingerprint density at radius 2 is 0.750 bits per heavy atom. The van der Waals surface area contributed by atoms with Gasteiger partial charge in [-0.3, -0.25) is 0 Å². The average Bonchev–Trinajstić information content (AvgIpc) is 3.81. The number of hydrogen-bond acceptors (Lipinski definition) is 1. The van der Waals surface area contributed by atoms with Crippen LogP contribution in [-0.2, 0) is 0 Å². The van der Waals surface area contributed by atoms with Crippen LogP contribution in [0.15, 0.2) is 291 Å². The lowest BCUT2D eigenvalue weighted by atomic mass is 9.87. The normalized spacial score (nSPS) is 11.3. The molecule has 1 aromatic heterocycles. The molecule has 0 unspecified atom stereocenters. The Labute approximate surface area is 420 Å². The predicted octanol–water partition coefficient (Wildman–Crippen LogP) is 19.4. The van der Waals surface area contributed by atoms with Crippen molar-refractivity contribution in [2.75, 3.05) is 4.90 Å². The summed E-state index contributed by atoms with van der Waals surface area (Å²) in [4.78, 5) is 2.47. The number of rotatable bonds is 10. The van der Waals surface area contributed by atoms with E-state index in [0.29, 0.717) is 0 Å². The molecule has 72 heavy (non-hydrogen) atoms. The summed E-state index contributed by atoms with van der Waals surface area (Å²) in [6, 6.07) is 106. The van der Waals surface area contributed by atoms with E-state index in [0.717, 1.165) is 45.0 Å². The maximum atomic E-state index is 2.47. The lowest BCUT2D eigenvalue weighted by molar-refractivity contribution is 1.18. The van der Waals surface area contributed by atoms with Gasteiger partial charge in [0.1, 0.15) is 0 Å². The van der Waals surface area contributed by atoms with Gasteiger partial charge in [0, 0.05) is 33.4 Å². The molecule has 2 heteroatoms. The summed E-state index contributed by atoms with van der Waals surface area (Å²) in [5.74, 6) is 0. The van der Waals surface area contributed by atoms with Crippen molar-refractivity contribution in [1.29, 1.82) is 0 Å².